The third kappa shape index (κ3) is 6.26. The maximum atomic E-state index is 8.72. The number of methoxy groups -OCH3 is 1. The van der Waals surface area contributed by atoms with Gasteiger partial charge in [-0.1, -0.05) is 19.4 Å². The van der Waals surface area contributed by atoms with Crippen LogP contribution in [0.5, 0.6) is 11.5 Å². The van der Waals surface area contributed by atoms with Gasteiger partial charge < -0.3 is 19.9 Å². The van der Waals surface area contributed by atoms with E-state index in [-0.39, 0.29) is 6.61 Å². The van der Waals surface area contributed by atoms with E-state index in [4.69, 9.17) is 14.6 Å². The largest absolute Gasteiger partial charge is 0.493 e. The molecule has 0 saturated heterocycles. The maximum Gasteiger partial charge on any atom is 0.161 e. The number of aliphatic hydroxyl groups is 1. The molecule has 0 heterocycles. The third-order valence-electron chi connectivity index (χ3n) is 3.12. The Hall–Kier alpha value is -1.26. The molecule has 0 amide bonds. The molecule has 0 aromatic heterocycles. The van der Waals surface area contributed by atoms with Gasteiger partial charge in [0.1, 0.15) is 0 Å². The Morgan fingerprint density at radius 1 is 1.10 bits per heavy atom. The van der Waals surface area contributed by atoms with E-state index in [1.807, 2.05) is 12.1 Å². The van der Waals surface area contributed by atoms with Crippen molar-refractivity contribution < 1.29 is 14.6 Å². The highest BCUT2D eigenvalue weighted by Gasteiger charge is 2.05. The van der Waals surface area contributed by atoms with Crippen LogP contribution >= 0.6 is 0 Å². The summed E-state index contributed by atoms with van der Waals surface area (Å²) in [5.41, 5.74) is 1.20. The van der Waals surface area contributed by atoms with Crippen molar-refractivity contribution in [1.29, 1.82) is 0 Å². The molecule has 114 valence electrons. The summed E-state index contributed by atoms with van der Waals surface area (Å²) in [5, 5.41) is 12.0. The minimum Gasteiger partial charge on any atom is -0.493 e. The van der Waals surface area contributed by atoms with Gasteiger partial charge in [0, 0.05) is 13.2 Å². The Morgan fingerprint density at radius 2 is 1.90 bits per heavy atom. The Kier molecular flexibility index (Phi) is 8.83. The van der Waals surface area contributed by atoms with Crippen molar-refractivity contribution in [3.05, 3.63) is 23.8 Å². The average molecular weight is 281 g/mol. The number of nitrogens with one attached hydrogen (secondary N) is 1. The Balaban J connectivity index is 2.44. The number of unbranched alkanes of at least 4 members (excludes halogenated alkanes) is 3. The summed E-state index contributed by atoms with van der Waals surface area (Å²) in [6.07, 6.45) is 4.01. The number of aliphatic hydroxyl groups excluding tert-OH is 1. The first-order valence-electron chi connectivity index (χ1n) is 7.43. The van der Waals surface area contributed by atoms with Crippen LogP contribution in [0.25, 0.3) is 0 Å². The number of hydrogen-bond donors (Lipinski definition) is 2. The summed E-state index contributed by atoms with van der Waals surface area (Å²) in [6.45, 7) is 4.85. The number of benzene rings is 1. The van der Waals surface area contributed by atoms with Gasteiger partial charge in [0.05, 0.1) is 13.7 Å². The number of ether oxygens (including phenoxy) is 2. The van der Waals surface area contributed by atoms with Gasteiger partial charge in [-0.2, -0.15) is 0 Å². The molecule has 0 aliphatic carbocycles. The lowest BCUT2D eigenvalue weighted by Crippen LogP contribution is -2.11. The van der Waals surface area contributed by atoms with E-state index in [1.54, 1.807) is 7.11 Å². The quantitative estimate of drug-likeness (QED) is 0.612. The van der Waals surface area contributed by atoms with Crippen LogP contribution < -0.4 is 14.8 Å². The van der Waals surface area contributed by atoms with Crippen LogP contribution in [0.3, 0.4) is 0 Å². The van der Waals surface area contributed by atoms with Crippen LogP contribution in [0.4, 0.5) is 0 Å². The van der Waals surface area contributed by atoms with Crippen molar-refractivity contribution in [3.63, 3.8) is 0 Å². The minimum absolute atomic E-state index is 0.279. The molecule has 1 aromatic rings. The topological polar surface area (TPSA) is 50.7 Å². The van der Waals surface area contributed by atoms with Crippen LogP contribution in [-0.4, -0.2) is 32.0 Å². The molecule has 0 fully saturated rings. The van der Waals surface area contributed by atoms with Gasteiger partial charge >= 0.3 is 0 Å². The lowest BCUT2D eigenvalue weighted by Gasteiger charge is -2.12. The molecule has 20 heavy (non-hydrogen) atoms. The van der Waals surface area contributed by atoms with Crippen molar-refractivity contribution in [2.75, 3.05) is 26.9 Å². The molecule has 0 saturated carbocycles. The van der Waals surface area contributed by atoms with Crippen LogP contribution in [0, 0.1) is 0 Å². The third-order valence-corrected chi connectivity index (χ3v) is 3.12. The first-order valence-corrected chi connectivity index (χ1v) is 7.43. The molecule has 1 rings (SSSR count). The lowest BCUT2D eigenvalue weighted by atomic mass is 10.2. The van der Waals surface area contributed by atoms with Crippen LogP contribution in [0.1, 0.15) is 38.2 Å². The fourth-order valence-corrected chi connectivity index (χ4v) is 1.96. The fourth-order valence-electron chi connectivity index (χ4n) is 1.96. The van der Waals surface area contributed by atoms with E-state index in [0.29, 0.717) is 6.61 Å². The van der Waals surface area contributed by atoms with Crippen LogP contribution in [0.15, 0.2) is 18.2 Å². The molecule has 0 aliphatic rings. The van der Waals surface area contributed by atoms with Crippen molar-refractivity contribution in [2.24, 2.45) is 0 Å². The molecule has 0 atom stereocenters. The Morgan fingerprint density at radius 3 is 2.60 bits per heavy atom. The summed E-state index contributed by atoms with van der Waals surface area (Å²) >= 11 is 0. The highest BCUT2D eigenvalue weighted by atomic mass is 16.5. The smallest absolute Gasteiger partial charge is 0.161 e. The van der Waals surface area contributed by atoms with Crippen molar-refractivity contribution in [3.8, 4) is 11.5 Å². The van der Waals surface area contributed by atoms with E-state index in [9.17, 15) is 0 Å². The SMILES string of the molecule is CCNCc1ccc(OC)c(OCCCCCCO)c1. The van der Waals surface area contributed by atoms with Gasteiger partial charge in [0.2, 0.25) is 0 Å². The molecule has 4 nitrogen and oxygen atoms in total. The second-order valence-electron chi connectivity index (χ2n) is 4.75. The number of rotatable bonds is 11. The maximum absolute atomic E-state index is 8.72. The highest BCUT2D eigenvalue weighted by molar-refractivity contribution is 5.42. The van der Waals surface area contributed by atoms with Gasteiger partial charge in [-0.15, -0.1) is 0 Å². The zero-order chi connectivity index (χ0) is 14.6. The predicted molar refractivity (Wildman–Crippen MR) is 81.4 cm³/mol. The molecule has 2 N–H and O–H groups in total. The summed E-state index contributed by atoms with van der Waals surface area (Å²) in [4.78, 5) is 0. The van der Waals surface area contributed by atoms with Crippen molar-refractivity contribution >= 4 is 0 Å². The van der Waals surface area contributed by atoms with E-state index < -0.39 is 0 Å². The van der Waals surface area contributed by atoms with Gasteiger partial charge in [-0.3, -0.25) is 0 Å². The molecule has 0 bridgehead atoms. The first kappa shape index (κ1) is 16.8. The Labute approximate surface area is 122 Å². The fraction of sp³-hybridized carbons (Fsp3) is 0.625. The van der Waals surface area contributed by atoms with Gasteiger partial charge in [-0.05, 0) is 43.5 Å². The lowest BCUT2D eigenvalue weighted by molar-refractivity contribution is 0.268. The molecular weight excluding hydrogens is 254 g/mol. The van der Waals surface area contributed by atoms with Gasteiger partial charge in [0.25, 0.3) is 0 Å². The molecule has 0 spiro atoms. The first-order chi connectivity index (χ1) is 9.81. The summed E-state index contributed by atoms with van der Waals surface area (Å²) in [5.74, 6) is 1.59. The normalized spacial score (nSPS) is 10.6. The predicted octanol–water partition coefficient (Wildman–Crippen LogP) is 2.74. The zero-order valence-electron chi connectivity index (χ0n) is 12.7. The van der Waals surface area contributed by atoms with E-state index in [1.165, 1.54) is 5.56 Å². The van der Waals surface area contributed by atoms with Crippen LogP contribution in [0.2, 0.25) is 0 Å². The van der Waals surface area contributed by atoms with E-state index in [0.717, 1.165) is 50.3 Å². The molecular formula is C16H27NO3. The minimum atomic E-state index is 0.279. The zero-order valence-corrected chi connectivity index (χ0v) is 12.7. The molecule has 0 unspecified atom stereocenters. The monoisotopic (exact) mass is 281 g/mol. The van der Waals surface area contributed by atoms with Gasteiger partial charge in [-0.25, -0.2) is 0 Å². The summed E-state index contributed by atoms with van der Waals surface area (Å²) in [7, 11) is 1.66. The second kappa shape index (κ2) is 10.5. The van der Waals surface area contributed by atoms with Crippen molar-refractivity contribution in [1.82, 2.24) is 5.32 Å². The molecule has 4 heteroatoms. The summed E-state index contributed by atoms with van der Waals surface area (Å²) < 4.78 is 11.1. The number of hydrogen-bond acceptors (Lipinski definition) is 4. The van der Waals surface area contributed by atoms with Gasteiger partial charge in [0.15, 0.2) is 11.5 Å². The molecule has 1 aromatic carbocycles. The highest BCUT2D eigenvalue weighted by Crippen LogP contribution is 2.28. The van der Waals surface area contributed by atoms with Crippen molar-refractivity contribution in [2.45, 2.75) is 39.2 Å². The average Bonchev–Trinajstić information content (AvgIpc) is 2.48. The second-order valence-corrected chi connectivity index (χ2v) is 4.75. The molecule has 0 aliphatic heterocycles. The van der Waals surface area contributed by atoms with Crippen LogP contribution in [-0.2, 0) is 6.54 Å². The van der Waals surface area contributed by atoms with E-state index in [2.05, 4.69) is 18.3 Å². The van der Waals surface area contributed by atoms with E-state index >= 15 is 0 Å². The summed E-state index contributed by atoms with van der Waals surface area (Å²) in [6, 6.07) is 6.04. The Bertz CT molecular complexity index is 369. The standard InChI is InChI=1S/C16H27NO3/c1-3-17-13-14-8-9-15(19-2)16(12-14)20-11-7-5-4-6-10-18/h8-9,12,17-18H,3-7,10-11,13H2,1-2H3. The molecule has 0 radical (unpaired) electrons.